The summed E-state index contributed by atoms with van der Waals surface area (Å²) in [5, 5.41) is 2.30. The molecule has 2 heterocycles. The molecule has 2 N–H and O–H groups in total. The van der Waals surface area contributed by atoms with Crippen LogP contribution in [0.25, 0.3) is 10.8 Å². The van der Waals surface area contributed by atoms with Gasteiger partial charge in [0.25, 0.3) is 5.91 Å². The Labute approximate surface area is 170 Å². The van der Waals surface area contributed by atoms with Crippen LogP contribution in [0.2, 0.25) is 0 Å². The van der Waals surface area contributed by atoms with Crippen molar-refractivity contribution in [3.05, 3.63) is 66.1 Å². The zero-order chi connectivity index (χ0) is 18.8. The molecule has 1 aliphatic rings. The standard InChI is InChI=1S/C22H24N2O3.ClH/c1-15-10-16(12-23)13-24(15)22(25)21-9-8-20(27-21)14-26-19-7-6-17-4-2-3-5-18(17)11-19;/h2-9,11,15-16H,10,12-14,23H2,1H3;1H. The van der Waals surface area contributed by atoms with Crippen LogP contribution >= 0.6 is 12.4 Å². The molecule has 0 bridgehead atoms. The van der Waals surface area contributed by atoms with Gasteiger partial charge >= 0.3 is 0 Å². The molecule has 4 rings (SSSR count). The molecular weight excluding hydrogens is 376 g/mol. The Hall–Kier alpha value is -2.50. The monoisotopic (exact) mass is 400 g/mol. The molecule has 0 saturated carbocycles. The van der Waals surface area contributed by atoms with Gasteiger partial charge in [-0.25, -0.2) is 0 Å². The lowest BCUT2D eigenvalue weighted by molar-refractivity contribution is 0.0707. The Morgan fingerprint density at radius 1 is 1.18 bits per heavy atom. The second-order valence-electron chi connectivity index (χ2n) is 7.21. The molecule has 1 aromatic heterocycles. The molecule has 2 unspecified atom stereocenters. The largest absolute Gasteiger partial charge is 0.486 e. The van der Waals surface area contributed by atoms with Crippen LogP contribution < -0.4 is 10.5 Å². The summed E-state index contributed by atoms with van der Waals surface area (Å²) in [4.78, 5) is 14.6. The maximum Gasteiger partial charge on any atom is 0.289 e. The fourth-order valence-electron chi connectivity index (χ4n) is 3.72. The molecule has 2 atom stereocenters. The van der Waals surface area contributed by atoms with E-state index < -0.39 is 0 Å². The van der Waals surface area contributed by atoms with E-state index in [1.807, 2.05) is 35.2 Å². The van der Waals surface area contributed by atoms with E-state index in [0.29, 0.717) is 30.5 Å². The van der Waals surface area contributed by atoms with Gasteiger partial charge in [-0.2, -0.15) is 0 Å². The van der Waals surface area contributed by atoms with Gasteiger partial charge < -0.3 is 19.8 Å². The number of nitrogens with zero attached hydrogens (tertiary/aromatic N) is 1. The quantitative estimate of drug-likeness (QED) is 0.695. The third-order valence-electron chi connectivity index (χ3n) is 5.23. The maximum atomic E-state index is 12.7. The highest BCUT2D eigenvalue weighted by Gasteiger charge is 2.33. The number of hydrogen-bond acceptors (Lipinski definition) is 4. The first-order chi connectivity index (χ1) is 13.1. The lowest BCUT2D eigenvalue weighted by Crippen LogP contribution is -2.34. The number of hydrogen-bond donors (Lipinski definition) is 1. The van der Waals surface area contributed by atoms with Crippen molar-refractivity contribution in [1.29, 1.82) is 0 Å². The van der Waals surface area contributed by atoms with E-state index in [-0.39, 0.29) is 31.0 Å². The topological polar surface area (TPSA) is 68.7 Å². The number of nitrogens with two attached hydrogens (primary N) is 1. The highest BCUT2D eigenvalue weighted by Crippen LogP contribution is 2.25. The molecule has 0 radical (unpaired) electrons. The summed E-state index contributed by atoms with van der Waals surface area (Å²) in [7, 11) is 0. The minimum Gasteiger partial charge on any atom is -0.486 e. The van der Waals surface area contributed by atoms with Gasteiger partial charge in [0.05, 0.1) is 0 Å². The summed E-state index contributed by atoms with van der Waals surface area (Å²) < 4.78 is 11.6. The van der Waals surface area contributed by atoms with E-state index in [2.05, 4.69) is 19.1 Å². The van der Waals surface area contributed by atoms with Gasteiger partial charge in [0.2, 0.25) is 0 Å². The number of likely N-dealkylation sites (tertiary alicyclic amines) is 1. The predicted octanol–water partition coefficient (Wildman–Crippen LogP) is 4.24. The van der Waals surface area contributed by atoms with Crippen LogP contribution in [0.3, 0.4) is 0 Å². The zero-order valence-electron chi connectivity index (χ0n) is 15.8. The summed E-state index contributed by atoms with van der Waals surface area (Å²) in [6, 6.07) is 17.8. The van der Waals surface area contributed by atoms with Gasteiger partial charge in [-0.05, 0) is 60.8 Å². The van der Waals surface area contributed by atoms with Crippen molar-refractivity contribution >= 4 is 29.1 Å². The average molecular weight is 401 g/mol. The molecule has 1 amide bonds. The van der Waals surface area contributed by atoms with Gasteiger partial charge in [0, 0.05) is 12.6 Å². The Bertz CT molecular complexity index is 956. The van der Waals surface area contributed by atoms with E-state index in [0.717, 1.165) is 17.6 Å². The molecule has 0 spiro atoms. The Balaban J connectivity index is 0.00000225. The predicted molar refractivity (Wildman–Crippen MR) is 112 cm³/mol. The second-order valence-corrected chi connectivity index (χ2v) is 7.21. The molecule has 2 aromatic carbocycles. The number of benzene rings is 2. The van der Waals surface area contributed by atoms with Crippen LogP contribution in [0, 0.1) is 5.92 Å². The van der Waals surface area contributed by atoms with Gasteiger partial charge in [-0.15, -0.1) is 12.4 Å². The zero-order valence-corrected chi connectivity index (χ0v) is 16.7. The minimum atomic E-state index is -0.0737. The maximum absolute atomic E-state index is 12.7. The molecule has 28 heavy (non-hydrogen) atoms. The number of halogens is 1. The molecule has 1 aliphatic heterocycles. The number of ether oxygens (including phenoxy) is 1. The Morgan fingerprint density at radius 2 is 1.96 bits per heavy atom. The van der Waals surface area contributed by atoms with Crippen LogP contribution in [-0.4, -0.2) is 29.9 Å². The highest BCUT2D eigenvalue weighted by molar-refractivity contribution is 5.92. The van der Waals surface area contributed by atoms with Crippen LogP contribution in [0.4, 0.5) is 0 Å². The first-order valence-corrected chi connectivity index (χ1v) is 9.35. The minimum absolute atomic E-state index is 0. The van der Waals surface area contributed by atoms with Crippen LogP contribution in [-0.2, 0) is 6.61 Å². The van der Waals surface area contributed by atoms with Crippen molar-refractivity contribution in [2.75, 3.05) is 13.1 Å². The van der Waals surface area contributed by atoms with Gasteiger partial charge in [-0.3, -0.25) is 4.79 Å². The number of carbonyl (C=O) groups excluding carboxylic acids is 1. The lowest BCUT2D eigenvalue weighted by Gasteiger charge is -2.20. The summed E-state index contributed by atoms with van der Waals surface area (Å²) in [5.41, 5.74) is 5.75. The molecule has 0 aliphatic carbocycles. The number of fused-ring (bicyclic) bond motifs is 1. The van der Waals surface area contributed by atoms with E-state index in [9.17, 15) is 4.79 Å². The highest BCUT2D eigenvalue weighted by atomic mass is 35.5. The molecule has 148 valence electrons. The molecule has 6 heteroatoms. The van der Waals surface area contributed by atoms with Crippen molar-refractivity contribution in [2.24, 2.45) is 11.7 Å². The fourth-order valence-corrected chi connectivity index (χ4v) is 3.72. The van der Waals surface area contributed by atoms with Gasteiger partial charge in [0.1, 0.15) is 18.1 Å². The smallest absolute Gasteiger partial charge is 0.289 e. The van der Waals surface area contributed by atoms with Crippen LogP contribution in [0.5, 0.6) is 5.75 Å². The van der Waals surface area contributed by atoms with Crippen molar-refractivity contribution in [3.63, 3.8) is 0 Å². The summed E-state index contributed by atoms with van der Waals surface area (Å²) in [5.74, 6) is 2.06. The SMILES string of the molecule is CC1CC(CN)CN1C(=O)c1ccc(COc2ccc3ccccc3c2)o1.Cl. The number of rotatable bonds is 5. The molecule has 3 aromatic rings. The normalized spacial score (nSPS) is 18.9. The van der Waals surface area contributed by atoms with Crippen molar-refractivity contribution < 1.29 is 13.9 Å². The first-order valence-electron chi connectivity index (χ1n) is 9.35. The number of furan rings is 1. The summed E-state index contributed by atoms with van der Waals surface area (Å²) >= 11 is 0. The average Bonchev–Trinajstić information content (AvgIpc) is 3.32. The number of amides is 1. The van der Waals surface area contributed by atoms with Gasteiger partial charge in [0.15, 0.2) is 5.76 Å². The van der Waals surface area contributed by atoms with Crippen LogP contribution in [0.1, 0.15) is 29.7 Å². The first kappa shape index (κ1) is 20.2. The third kappa shape index (κ3) is 4.16. The molecular formula is C22H25ClN2O3. The summed E-state index contributed by atoms with van der Waals surface area (Å²) in [6.07, 6.45) is 0.945. The molecule has 5 nitrogen and oxygen atoms in total. The van der Waals surface area contributed by atoms with E-state index >= 15 is 0 Å². The summed E-state index contributed by atoms with van der Waals surface area (Å²) in [6.45, 7) is 3.64. The van der Waals surface area contributed by atoms with E-state index in [4.69, 9.17) is 14.9 Å². The third-order valence-corrected chi connectivity index (χ3v) is 5.23. The van der Waals surface area contributed by atoms with Gasteiger partial charge in [-0.1, -0.05) is 30.3 Å². The van der Waals surface area contributed by atoms with Crippen LogP contribution in [0.15, 0.2) is 59.0 Å². The van der Waals surface area contributed by atoms with Crippen molar-refractivity contribution in [3.8, 4) is 5.75 Å². The van der Waals surface area contributed by atoms with E-state index in [1.54, 1.807) is 12.1 Å². The Kier molecular flexibility index (Phi) is 6.27. The van der Waals surface area contributed by atoms with Crippen molar-refractivity contribution in [2.45, 2.75) is 26.0 Å². The molecule has 1 fully saturated rings. The fraction of sp³-hybridized carbons (Fsp3) is 0.318. The number of carbonyl (C=O) groups is 1. The van der Waals surface area contributed by atoms with Crippen molar-refractivity contribution in [1.82, 2.24) is 4.90 Å². The Morgan fingerprint density at radius 3 is 2.71 bits per heavy atom. The second kappa shape index (κ2) is 8.67. The lowest BCUT2D eigenvalue weighted by atomic mass is 10.1. The molecule has 1 saturated heterocycles. The van der Waals surface area contributed by atoms with E-state index in [1.165, 1.54) is 5.39 Å².